The molecule has 1 N–H and O–H groups in total. The van der Waals surface area contributed by atoms with Gasteiger partial charge in [0.15, 0.2) is 11.4 Å². The van der Waals surface area contributed by atoms with Gasteiger partial charge >= 0.3 is 0 Å². The van der Waals surface area contributed by atoms with Gasteiger partial charge in [-0.05, 0) is 18.4 Å². The summed E-state index contributed by atoms with van der Waals surface area (Å²) in [6.45, 7) is 2.46. The fourth-order valence-corrected chi connectivity index (χ4v) is 5.07. The Labute approximate surface area is 176 Å². The van der Waals surface area contributed by atoms with Gasteiger partial charge in [0.2, 0.25) is 5.43 Å². The minimum absolute atomic E-state index is 0.0237. The first-order valence-electron chi connectivity index (χ1n) is 10.1. The van der Waals surface area contributed by atoms with E-state index in [1.807, 2.05) is 44.7 Å². The van der Waals surface area contributed by atoms with E-state index in [1.54, 1.807) is 4.57 Å². The zero-order valence-electron chi connectivity index (χ0n) is 16.4. The maximum absolute atomic E-state index is 13.2. The van der Waals surface area contributed by atoms with E-state index in [9.17, 15) is 14.4 Å². The summed E-state index contributed by atoms with van der Waals surface area (Å²) in [6, 6.07) is 9.85. The smallest absolute Gasteiger partial charge is 0.275 e. The molecule has 2 fully saturated rings. The van der Waals surface area contributed by atoms with Crippen LogP contribution < -0.4 is 15.3 Å². The summed E-state index contributed by atoms with van der Waals surface area (Å²) < 4.78 is 6.96. The molecule has 8 nitrogen and oxygen atoms in total. The number of hydrogen-bond acceptors (Lipinski definition) is 5. The lowest BCUT2D eigenvalue weighted by atomic mass is 10.1. The van der Waals surface area contributed by atoms with Crippen LogP contribution in [0.3, 0.4) is 0 Å². The molecule has 0 aliphatic carbocycles. The molecule has 9 heteroatoms. The summed E-state index contributed by atoms with van der Waals surface area (Å²) in [7, 11) is 2.03. The van der Waals surface area contributed by atoms with Crippen LogP contribution in [0.4, 0.5) is 0 Å². The van der Waals surface area contributed by atoms with Crippen molar-refractivity contribution >= 4 is 21.3 Å². The molecule has 1 unspecified atom stereocenters. The average molecular weight is 426 g/mol. The highest BCUT2D eigenvalue weighted by molar-refractivity contribution is 7.10. The number of hydrogen-bond donors (Lipinski definition) is 1. The van der Waals surface area contributed by atoms with Crippen molar-refractivity contribution in [1.29, 1.82) is 0 Å². The van der Waals surface area contributed by atoms with Crippen molar-refractivity contribution in [3.63, 3.8) is 0 Å². The number of pyridine rings is 1. The van der Waals surface area contributed by atoms with Crippen LogP contribution in [-0.2, 0) is 13.1 Å². The molecule has 0 radical (unpaired) electrons. The molecule has 3 atom stereocenters. The van der Waals surface area contributed by atoms with Gasteiger partial charge in [0.1, 0.15) is 11.7 Å². The first-order chi connectivity index (χ1) is 14.6. The minimum atomic E-state index is -0.576. The van der Waals surface area contributed by atoms with Crippen molar-refractivity contribution < 1.29 is 14.1 Å². The van der Waals surface area contributed by atoms with Gasteiger partial charge in [-0.1, -0.05) is 30.3 Å². The van der Waals surface area contributed by atoms with Gasteiger partial charge in [-0.2, -0.15) is 0 Å². The second-order valence-corrected chi connectivity index (χ2v) is 8.20. The second kappa shape index (κ2) is 7.52. The van der Waals surface area contributed by atoms with Crippen LogP contribution in [0.25, 0.3) is 0 Å². The molecule has 5 rings (SSSR count). The van der Waals surface area contributed by atoms with E-state index in [2.05, 4.69) is 10.2 Å². The molecule has 4 heterocycles. The quantitative estimate of drug-likeness (QED) is 0.743. The topological polar surface area (TPSA) is 83.9 Å². The average Bonchev–Trinajstić information content (AvgIpc) is 3.35. The summed E-state index contributed by atoms with van der Waals surface area (Å²) in [5.41, 5.74) is 0.549. The summed E-state index contributed by atoms with van der Waals surface area (Å²) in [5.74, 6) is -0.794. The molecule has 30 heavy (non-hydrogen) atoms. The highest BCUT2D eigenvalue weighted by Gasteiger charge is 2.48. The van der Waals surface area contributed by atoms with E-state index in [0.717, 1.165) is 24.9 Å². The molecule has 3 aliphatic heterocycles. The fourth-order valence-electron chi connectivity index (χ4n) is 4.86. The first kappa shape index (κ1) is 19.3. The van der Waals surface area contributed by atoms with Gasteiger partial charge in [0.05, 0.1) is 16.0 Å². The minimum Gasteiger partial charge on any atom is -0.474 e. The van der Waals surface area contributed by atoms with Gasteiger partial charge in [0, 0.05) is 31.9 Å². The number of amides is 2. The Kier molecular flexibility index (Phi) is 4.83. The van der Waals surface area contributed by atoms with Gasteiger partial charge < -0.3 is 19.3 Å². The normalized spacial score (nSPS) is 22.4. The maximum Gasteiger partial charge on any atom is 0.275 e. The van der Waals surface area contributed by atoms with E-state index in [4.69, 9.17) is 4.52 Å². The monoisotopic (exact) mass is 426 g/mol. The molecule has 2 amide bonds. The van der Waals surface area contributed by atoms with Gasteiger partial charge in [-0.15, -0.1) is 0 Å². The summed E-state index contributed by atoms with van der Waals surface area (Å²) >= 11 is 0. The van der Waals surface area contributed by atoms with Crippen LogP contribution in [0.5, 0.6) is 5.75 Å². The van der Waals surface area contributed by atoms with Crippen LogP contribution in [0, 0.1) is 0 Å². The fraction of sp³-hybridized carbons (Fsp3) is 0.381. The number of fused-ring (bicyclic) bond motifs is 4. The largest absolute Gasteiger partial charge is 0.474 e. The molecule has 1 aromatic carbocycles. The number of benzene rings is 1. The summed E-state index contributed by atoms with van der Waals surface area (Å²) in [4.78, 5) is 43.2. The van der Waals surface area contributed by atoms with E-state index >= 15 is 0 Å². The zero-order valence-corrected chi connectivity index (χ0v) is 17.6. The molecule has 0 spiro atoms. The van der Waals surface area contributed by atoms with Gasteiger partial charge in [0.25, 0.3) is 11.8 Å². The summed E-state index contributed by atoms with van der Waals surface area (Å²) in [5, 5.41) is 2.79. The van der Waals surface area contributed by atoms with Crippen molar-refractivity contribution in [2.45, 2.75) is 38.1 Å². The Morgan fingerprint density at radius 2 is 2.00 bits per heavy atom. The van der Waals surface area contributed by atoms with Gasteiger partial charge in [-0.25, -0.2) is 0 Å². The van der Waals surface area contributed by atoms with Crippen molar-refractivity contribution in [3.8, 4) is 5.75 Å². The number of rotatable bonds is 4. The zero-order chi connectivity index (χ0) is 20.8. The molecule has 156 valence electrons. The highest BCUT2D eigenvalue weighted by Crippen LogP contribution is 2.35. The highest BCUT2D eigenvalue weighted by atomic mass is 31.0. The number of nitrogens with one attached hydrogen (secondary N) is 1. The molecule has 3 aliphatic rings. The van der Waals surface area contributed by atoms with E-state index in [-0.39, 0.29) is 29.1 Å². The third-order valence-electron chi connectivity index (χ3n) is 6.29. The number of carbonyl (C=O) groups is 2. The lowest BCUT2D eigenvalue weighted by Gasteiger charge is -2.36. The van der Waals surface area contributed by atoms with Crippen LogP contribution in [0.1, 0.15) is 39.3 Å². The Morgan fingerprint density at radius 3 is 2.77 bits per heavy atom. The van der Waals surface area contributed by atoms with E-state index in [1.165, 1.54) is 6.20 Å². The first-order valence-corrected chi connectivity index (χ1v) is 10.6. The molecule has 0 bridgehead atoms. The Morgan fingerprint density at radius 1 is 1.20 bits per heavy atom. The Balaban J connectivity index is 1.48. The summed E-state index contributed by atoms with van der Waals surface area (Å²) in [6.07, 6.45) is 3.67. The predicted molar refractivity (Wildman–Crippen MR) is 113 cm³/mol. The Hall–Kier alpha value is -2.70. The predicted octanol–water partition coefficient (Wildman–Crippen LogP) is 1.21. The van der Waals surface area contributed by atoms with Crippen molar-refractivity contribution in [3.05, 3.63) is 63.6 Å². The van der Waals surface area contributed by atoms with E-state index < -0.39 is 11.3 Å². The molecular weight excluding hydrogens is 403 g/mol. The molecule has 0 saturated carbocycles. The number of carbonyl (C=O) groups excluding carboxylic acids is 2. The van der Waals surface area contributed by atoms with Crippen LogP contribution in [0.15, 0.2) is 41.3 Å². The lowest BCUT2D eigenvalue weighted by molar-refractivity contribution is 0.0516. The standard InChI is InChI=1S/C21H23N4O4P/c26-18-15(20(27)22-9-13-5-2-1-3-6-13)11-23-12-16-24-8-4-7-14(24)10-25(16)21(28)17(23)19(18)29-30/h1-3,5-6,11,14,16H,4,7-10,12,30H2,(H,22,27)/t14-,16-/m1/s1. The molecule has 2 aromatic rings. The molecule has 1 aromatic heterocycles. The second-order valence-electron chi connectivity index (χ2n) is 7.96. The van der Waals surface area contributed by atoms with Crippen LogP contribution in [0.2, 0.25) is 0 Å². The number of nitrogens with zero attached hydrogens (tertiary/aromatic N) is 3. The third-order valence-corrected chi connectivity index (χ3v) is 6.53. The molecular formula is C21H23N4O4P. The maximum atomic E-state index is 13.2. The van der Waals surface area contributed by atoms with Crippen molar-refractivity contribution in [2.24, 2.45) is 0 Å². The van der Waals surface area contributed by atoms with Crippen molar-refractivity contribution in [2.75, 3.05) is 13.1 Å². The van der Waals surface area contributed by atoms with Crippen LogP contribution >= 0.6 is 9.47 Å². The SMILES string of the molecule is O=C(NCc1ccccc1)c1cn2c(c(OP)c1=O)C(=O)N1C[C@H]3CCCN3[C@H]1C2. The molecule has 2 saturated heterocycles. The Bertz CT molecular complexity index is 1070. The lowest BCUT2D eigenvalue weighted by Crippen LogP contribution is -2.50. The van der Waals surface area contributed by atoms with Crippen molar-refractivity contribution in [1.82, 2.24) is 19.7 Å². The van der Waals surface area contributed by atoms with E-state index in [0.29, 0.717) is 25.7 Å². The van der Waals surface area contributed by atoms with Crippen LogP contribution in [-0.4, -0.2) is 51.5 Å². The van der Waals surface area contributed by atoms with Gasteiger partial charge in [-0.3, -0.25) is 19.3 Å². The number of aromatic nitrogens is 1. The third kappa shape index (κ3) is 3.02.